The predicted octanol–water partition coefficient (Wildman–Crippen LogP) is 3.30. The van der Waals surface area contributed by atoms with E-state index < -0.39 is 0 Å². The SMILES string of the molecule is O=C(c1cccc(O)c1)N1CC2(CC(OCC3CCCC3)CS2)C1. The van der Waals surface area contributed by atoms with Gasteiger partial charge in [0.15, 0.2) is 0 Å². The molecule has 1 aromatic carbocycles. The van der Waals surface area contributed by atoms with E-state index in [0.29, 0.717) is 11.7 Å². The van der Waals surface area contributed by atoms with Crippen molar-refractivity contribution in [3.8, 4) is 5.75 Å². The van der Waals surface area contributed by atoms with E-state index in [2.05, 4.69) is 0 Å². The smallest absolute Gasteiger partial charge is 0.254 e. The minimum absolute atomic E-state index is 0.0208. The summed E-state index contributed by atoms with van der Waals surface area (Å²) in [6.07, 6.45) is 6.81. The number of carbonyl (C=O) groups excluding carboxylic acids is 1. The Bertz CT molecular complexity index is 608. The lowest BCUT2D eigenvalue weighted by Gasteiger charge is -2.47. The van der Waals surface area contributed by atoms with Crippen molar-refractivity contribution >= 4 is 17.7 Å². The monoisotopic (exact) mass is 347 g/mol. The fraction of sp³-hybridized carbons (Fsp3) is 0.632. The maximum Gasteiger partial charge on any atom is 0.254 e. The maximum absolute atomic E-state index is 12.5. The molecule has 1 amide bonds. The number of aromatic hydroxyl groups is 1. The molecule has 3 fully saturated rings. The lowest BCUT2D eigenvalue weighted by atomic mass is 9.92. The highest BCUT2D eigenvalue weighted by Gasteiger charge is 2.51. The van der Waals surface area contributed by atoms with E-state index in [0.717, 1.165) is 37.8 Å². The van der Waals surface area contributed by atoms with Crippen LogP contribution in [0.2, 0.25) is 0 Å². The van der Waals surface area contributed by atoms with Crippen LogP contribution in [0.1, 0.15) is 42.5 Å². The molecule has 1 unspecified atom stereocenters. The maximum atomic E-state index is 12.5. The van der Waals surface area contributed by atoms with Gasteiger partial charge in [-0.2, -0.15) is 0 Å². The summed E-state index contributed by atoms with van der Waals surface area (Å²) in [5.74, 6) is 2.00. The second kappa shape index (κ2) is 6.60. The summed E-state index contributed by atoms with van der Waals surface area (Å²) in [5.41, 5.74) is 0.571. The van der Waals surface area contributed by atoms with Gasteiger partial charge < -0.3 is 14.7 Å². The van der Waals surface area contributed by atoms with Crippen LogP contribution in [0.15, 0.2) is 24.3 Å². The highest BCUT2D eigenvalue weighted by Crippen LogP contribution is 2.46. The summed E-state index contributed by atoms with van der Waals surface area (Å²) in [7, 11) is 0. The minimum Gasteiger partial charge on any atom is -0.508 e. The largest absolute Gasteiger partial charge is 0.508 e. The summed E-state index contributed by atoms with van der Waals surface area (Å²) in [6.45, 7) is 2.53. The second-order valence-electron chi connectivity index (χ2n) is 7.52. The first-order valence-corrected chi connectivity index (χ1v) is 9.96. The molecule has 0 bridgehead atoms. The molecular weight excluding hydrogens is 322 g/mol. The van der Waals surface area contributed by atoms with E-state index in [4.69, 9.17) is 4.74 Å². The molecule has 1 spiro atoms. The van der Waals surface area contributed by atoms with Crippen LogP contribution < -0.4 is 0 Å². The summed E-state index contributed by atoms with van der Waals surface area (Å²) in [4.78, 5) is 14.4. The zero-order chi connectivity index (χ0) is 16.6. The molecule has 3 aliphatic rings. The normalized spacial score (nSPS) is 26.0. The molecule has 5 heteroatoms. The van der Waals surface area contributed by atoms with Crippen molar-refractivity contribution < 1.29 is 14.6 Å². The number of amides is 1. The number of hydrogen-bond donors (Lipinski definition) is 1. The molecule has 0 aromatic heterocycles. The topological polar surface area (TPSA) is 49.8 Å². The van der Waals surface area contributed by atoms with Crippen LogP contribution >= 0.6 is 11.8 Å². The van der Waals surface area contributed by atoms with Crippen LogP contribution in [0.4, 0.5) is 0 Å². The van der Waals surface area contributed by atoms with Crippen molar-refractivity contribution in [3.63, 3.8) is 0 Å². The van der Waals surface area contributed by atoms with E-state index >= 15 is 0 Å². The van der Waals surface area contributed by atoms with Crippen LogP contribution in [0.5, 0.6) is 5.75 Å². The number of nitrogens with zero attached hydrogens (tertiary/aromatic N) is 1. The Hall–Kier alpha value is -1.20. The first-order valence-electron chi connectivity index (χ1n) is 8.97. The highest BCUT2D eigenvalue weighted by atomic mass is 32.2. The molecule has 1 N–H and O–H groups in total. The van der Waals surface area contributed by atoms with Crippen LogP contribution in [-0.4, -0.2) is 52.2 Å². The number of likely N-dealkylation sites (tertiary alicyclic amines) is 1. The van der Waals surface area contributed by atoms with Crippen LogP contribution in [0, 0.1) is 5.92 Å². The van der Waals surface area contributed by atoms with Gasteiger partial charge in [0.1, 0.15) is 5.75 Å². The molecule has 0 radical (unpaired) electrons. The van der Waals surface area contributed by atoms with Crippen molar-refractivity contribution in [3.05, 3.63) is 29.8 Å². The van der Waals surface area contributed by atoms with Gasteiger partial charge in [-0.05, 0) is 43.4 Å². The molecule has 2 heterocycles. The van der Waals surface area contributed by atoms with Gasteiger partial charge in [0.25, 0.3) is 5.91 Å². The second-order valence-corrected chi connectivity index (χ2v) is 9.00. The van der Waals surface area contributed by atoms with Gasteiger partial charge in [-0.15, -0.1) is 11.8 Å². The Morgan fingerprint density at radius 1 is 1.33 bits per heavy atom. The zero-order valence-corrected chi connectivity index (χ0v) is 14.8. The summed E-state index contributed by atoms with van der Waals surface area (Å²) in [6, 6.07) is 6.62. The molecule has 4 rings (SSSR count). The lowest BCUT2D eigenvalue weighted by molar-refractivity contribution is 0.0197. The molecular formula is C19H25NO3S. The van der Waals surface area contributed by atoms with E-state index in [1.807, 2.05) is 16.7 Å². The van der Waals surface area contributed by atoms with Gasteiger partial charge >= 0.3 is 0 Å². The van der Waals surface area contributed by atoms with Crippen LogP contribution in [0.25, 0.3) is 0 Å². The number of phenolic OH excluding ortho intramolecular Hbond substituents is 1. The van der Waals surface area contributed by atoms with E-state index in [-0.39, 0.29) is 16.4 Å². The molecule has 2 saturated heterocycles. The number of ether oxygens (including phenoxy) is 1. The molecule has 1 atom stereocenters. The fourth-order valence-corrected chi connectivity index (χ4v) is 5.75. The zero-order valence-electron chi connectivity index (χ0n) is 13.9. The van der Waals surface area contributed by atoms with Gasteiger partial charge in [0, 0.05) is 31.0 Å². The average Bonchev–Trinajstić information content (AvgIpc) is 3.20. The molecule has 4 nitrogen and oxygen atoms in total. The third kappa shape index (κ3) is 3.29. The van der Waals surface area contributed by atoms with Crippen LogP contribution in [0.3, 0.4) is 0 Å². The van der Waals surface area contributed by atoms with Gasteiger partial charge in [-0.1, -0.05) is 18.9 Å². The minimum atomic E-state index is 0.0208. The number of rotatable bonds is 4. The Balaban J connectivity index is 1.26. The fourth-order valence-electron chi connectivity index (χ4n) is 4.19. The van der Waals surface area contributed by atoms with E-state index in [1.54, 1.807) is 24.3 Å². The standard InChI is InChI=1S/C19H25NO3S/c21-16-7-3-6-15(8-16)18(22)20-12-19(13-20)9-17(11-24-19)23-10-14-4-1-2-5-14/h3,6-8,14,17,21H,1-2,4-5,9-13H2. The number of thioether (sulfide) groups is 1. The quantitative estimate of drug-likeness (QED) is 0.908. The van der Waals surface area contributed by atoms with Crippen molar-refractivity contribution in [1.29, 1.82) is 0 Å². The van der Waals surface area contributed by atoms with Crippen molar-refractivity contribution in [2.75, 3.05) is 25.4 Å². The third-order valence-electron chi connectivity index (χ3n) is 5.56. The molecule has 1 saturated carbocycles. The van der Waals surface area contributed by atoms with Gasteiger partial charge in [0.05, 0.1) is 10.9 Å². The third-order valence-corrected chi connectivity index (χ3v) is 7.13. The highest BCUT2D eigenvalue weighted by molar-refractivity contribution is 8.01. The van der Waals surface area contributed by atoms with Crippen molar-refractivity contribution in [1.82, 2.24) is 4.90 Å². The Kier molecular flexibility index (Phi) is 4.48. The van der Waals surface area contributed by atoms with Gasteiger partial charge in [0.2, 0.25) is 0 Å². The van der Waals surface area contributed by atoms with Gasteiger partial charge in [-0.3, -0.25) is 4.79 Å². The molecule has 1 aromatic rings. The predicted molar refractivity (Wildman–Crippen MR) is 95.5 cm³/mol. The van der Waals surface area contributed by atoms with E-state index in [1.165, 1.54) is 25.7 Å². The van der Waals surface area contributed by atoms with Crippen molar-refractivity contribution in [2.45, 2.75) is 43.0 Å². The molecule has 2 aliphatic heterocycles. The number of benzene rings is 1. The Labute approximate surface area is 147 Å². The molecule has 24 heavy (non-hydrogen) atoms. The number of phenols is 1. The molecule has 1 aliphatic carbocycles. The summed E-state index contributed by atoms with van der Waals surface area (Å²) >= 11 is 1.97. The van der Waals surface area contributed by atoms with Gasteiger partial charge in [-0.25, -0.2) is 0 Å². The van der Waals surface area contributed by atoms with E-state index in [9.17, 15) is 9.90 Å². The summed E-state index contributed by atoms with van der Waals surface area (Å²) in [5, 5.41) is 9.53. The van der Waals surface area contributed by atoms with Crippen molar-refractivity contribution in [2.24, 2.45) is 5.92 Å². The average molecular weight is 347 g/mol. The van der Waals surface area contributed by atoms with Crippen LogP contribution in [-0.2, 0) is 4.74 Å². The number of carbonyl (C=O) groups is 1. The summed E-state index contributed by atoms with van der Waals surface area (Å²) < 4.78 is 6.36. The number of hydrogen-bond acceptors (Lipinski definition) is 4. The Morgan fingerprint density at radius 2 is 2.12 bits per heavy atom. The first-order chi connectivity index (χ1) is 11.6. The Morgan fingerprint density at radius 3 is 2.88 bits per heavy atom. The molecule has 130 valence electrons. The first kappa shape index (κ1) is 16.3. The lowest BCUT2D eigenvalue weighted by Crippen LogP contribution is -2.60.